The summed E-state index contributed by atoms with van der Waals surface area (Å²) in [6.07, 6.45) is 9.19. The van der Waals surface area contributed by atoms with Gasteiger partial charge in [0.15, 0.2) is 0 Å². The van der Waals surface area contributed by atoms with E-state index in [1.807, 2.05) is 17.2 Å². The molecular weight excluding hydrogens is 418 g/mol. The molecule has 34 heavy (non-hydrogen) atoms. The molecule has 2 aromatic carbocycles. The Balaban J connectivity index is 1.73. The Hall–Kier alpha value is -2.72. The standard InChI is InChI=1S/C30H39N3O/c1-23(2)15-18-32-16-9-5-4-6-10-17-33(24(3)34)30-14-13-25(19-28(30)22-32)27-20-26-11-7-8-12-29(26)31-21-27/h7-8,11-14,19-21,23H,4-6,9-10,15-18,22H2,1-3H3. The fraction of sp³-hybridized carbons (Fsp3) is 0.467. The number of nitrogens with zero attached hydrogens (tertiary/aromatic N) is 3. The van der Waals surface area contributed by atoms with Crippen LogP contribution in [0.3, 0.4) is 0 Å². The lowest BCUT2D eigenvalue weighted by molar-refractivity contribution is -0.116. The molecular formula is C30H39N3O. The third kappa shape index (κ3) is 6.24. The van der Waals surface area contributed by atoms with E-state index in [2.05, 4.69) is 66.2 Å². The van der Waals surface area contributed by atoms with Crippen LogP contribution in [0.5, 0.6) is 0 Å². The van der Waals surface area contributed by atoms with E-state index in [4.69, 9.17) is 0 Å². The Kier molecular flexibility index (Phi) is 8.34. The van der Waals surface area contributed by atoms with Crippen molar-refractivity contribution in [1.82, 2.24) is 9.88 Å². The molecule has 0 N–H and O–H groups in total. The van der Waals surface area contributed by atoms with Crippen LogP contribution in [0.25, 0.3) is 22.0 Å². The summed E-state index contributed by atoms with van der Waals surface area (Å²) in [6.45, 7) is 10.2. The van der Waals surface area contributed by atoms with E-state index in [1.165, 1.54) is 37.7 Å². The third-order valence-corrected chi connectivity index (χ3v) is 6.95. The summed E-state index contributed by atoms with van der Waals surface area (Å²) in [6, 6.07) is 17.1. The van der Waals surface area contributed by atoms with Gasteiger partial charge in [-0.2, -0.15) is 0 Å². The Morgan fingerprint density at radius 2 is 1.71 bits per heavy atom. The first-order valence-corrected chi connectivity index (χ1v) is 13.0. The van der Waals surface area contributed by atoms with Gasteiger partial charge in [0.1, 0.15) is 0 Å². The zero-order valence-electron chi connectivity index (χ0n) is 21.1. The summed E-state index contributed by atoms with van der Waals surface area (Å²) in [5.74, 6) is 0.816. The fourth-order valence-electron chi connectivity index (χ4n) is 4.92. The molecule has 4 heteroatoms. The largest absolute Gasteiger partial charge is 0.312 e. The molecule has 1 amide bonds. The quantitative estimate of drug-likeness (QED) is 0.420. The molecule has 0 aliphatic carbocycles. The van der Waals surface area contributed by atoms with Gasteiger partial charge in [0.25, 0.3) is 0 Å². The number of rotatable bonds is 4. The highest BCUT2D eigenvalue weighted by atomic mass is 16.2. The van der Waals surface area contributed by atoms with Crippen LogP contribution in [0.4, 0.5) is 5.69 Å². The highest BCUT2D eigenvalue weighted by Gasteiger charge is 2.19. The van der Waals surface area contributed by atoms with Crippen LogP contribution in [0.15, 0.2) is 54.7 Å². The van der Waals surface area contributed by atoms with E-state index < -0.39 is 0 Å². The van der Waals surface area contributed by atoms with E-state index in [0.717, 1.165) is 60.3 Å². The zero-order chi connectivity index (χ0) is 23.9. The summed E-state index contributed by atoms with van der Waals surface area (Å²) in [5, 5.41) is 1.15. The Morgan fingerprint density at radius 3 is 2.50 bits per heavy atom. The van der Waals surface area contributed by atoms with E-state index in [0.29, 0.717) is 5.92 Å². The van der Waals surface area contributed by atoms with Gasteiger partial charge in [-0.15, -0.1) is 0 Å². The molecule has 4 rings (SSSR count). The first-order valence-electron chi connectivity index (χ1n) is 13.0. The second-order valence-corrected chi connectivity index (χ2v) is 10.2. The molecule has 0 unspecified atom stereocenters. The molecule has 4 nitrogen and oxygen atoms in total. The number of carbonyl (C=O) groups excluding carboxylic acids is 1. The topological polar surface area (TPSA) is 36.4 Å². The lowest BCUT2D eigenvalue weighted by Gasteiger charge is -2.29. The van der Waals surface area contributed by atoms with Gasteiger partial charge in [0.05, 0.1) is 5.52 Å². The summed E-state index contributed by atoms with van der Waals surface area (Å²) >= 11 is 0. The van der Waals surface area contributed by atoms with Gasteiger partial charge in [-0.05, 0) is 73.7 Å². The number of fused-ring (bicyclic) bond motifs is 2. The molecule has 0 bridgehead atoms. The van der Waals surface area contributed by atoms with Crippen LogP contribution in [0.1, 0.15) is 64.9 Å². The number of benzene rings is 2. The maximum atomic E-state index is 12.7. The van der Waals surface area contributed by atoms with Gasteiger partial charge in [-0.3, -0.25) is 14.7 Å². The SMILES string of the molecule is CC(=O)N1CCCCCCCN(CCC(C)C)Cc2cc(-c3cnc4ccccc4c3)ccc21. The van der Waals surface area contributed by atoms with E-state index in [9.17, 15) is 4.79 Å². The maximum absolute atomic E-state index is 12.7. The lowest BCUT2D eigenvalue weighted by atomic mass is 9.99. The van der Waals surface area contributed by atoms with Gasteiger partial charge in [0, 0.05) is 42.8 Å². The van der Waals surface area contributed by atoms with Gasteiger partial charge in [0.2, 0.25) is 5.91 Å². The molecule has 180 valence electrons. The number of pyridine rings is 1. The van der Waals surface area contributed by atoms with Crippen molar-refractivity contribution in [3.05, 3.63) is 60.3 Å². The molecule has 0 atom stereocenters. The molecule has 1 aliphatic heterocycles. The van der Waals surface area contributed by atoms with Crippen molar-refractivity contribution in [2.75, 3.05) is 24.5 Å². The predicted molar refractivity (Wildman–Crippen MR) is 143 cm³/mol. The van der Waals surface area contributed by atoms with Crippen molar-refractivity contribution >= 4 is 22.5 Å². The number of aromatic nitrogens is 1. The number of carbonyl (C=O) groups is 1. The highest BCUT2D eigenvalue weighted by Crippen LogP contribution is 2.31. The summed E-state index contributed by atoms with van der Waals surface area (Å²) in [5.41, 5.74) is 5.61. The minimum Gasteiger partial charge on any atom is -0.312 e. The number of hydrogen-bond donors (Lipinski definition) is 0. The van der Waals surface area contributed by atoms with Crippen molar-refractivity contribution in [3.8, 4) is 11.1 Å². The Labute approximate surface area is 205 Å². The van der Waals surface area contributed by atoms with Crippen LogP contribution in [0.2, 0.25) is 0 Å². The summed E-state index contributed by atoms with van der Waals surface area (Å²) in [4.78, 5) is 22.0. The van der Waals surface area contributed by atoms with Crippen molar-refractivity contribution in [2.45, 2.75) is 65.8 Å². The summed E-state index contributed by atoms with van der Waals surface area (Å²) < 4.78 is 0. The maximum Gasteiger partial charge on any atom is 0.223 e. The zero-order valence-corrected chi connectivity index (χ0v) is 21.1. The highest BCUT2D eigenvalue weighted by molar-refractivity contribution is 5.93. The van der Waals surface area contributed by atoms with Crippen LogP contribution in [0, 0.1) is 5.92 Å². The summed E-state index contributed by atoms with van der Waals surface area (Å²) in [7, 11) is 0. The first-order chi connectivity index (χ1) is 16.5. The molecule has 3 aromatic rings. The van der Waals surface area contributed by atoms with Crippen molar-refractivity contribution in [2.24, 2.45) is 5.92 Å². The van der Waals surface area contributed by atoms with Crippen LogP contribution >= 0.6 is 0 Å². The minimum absolute atomic E-state index is 0.132. The smallest absolute Gasteiger partial charge is 0.223 e. The molecule has 1 aliphatic rings. The number of hydrogen-bond acceptors (Lipinski definition) is 3. The molecule has 0 saturated carbocycles. The van der Waals surface area contributed by atoms with Crippen molar-refractivity contribution in [1.29, 1.82) is 0 Å². The second kappa shape index (κ2) is 11.6. The van der Waals surface area contributed by atoms with Crippen molar-refractivity contribution in [3.63, 3.8) is 0 Å². The molecule has 0 radical (unpaired) electrons. The average Bonchev–Trinajstić information content (AvgIpc) is 2.82. The van der Waals surface area contributed by atoms with Gasteiger partial charge in [-0.25, -0.2) is 0 Å². The second-order valence-electron chi connectivity index (χ2n) is 10.2. The molecule has 0 spiro atoms. The third-order valence-electron chi connectivity index (χ3n) is 6.95. The molecule has 0 fully saturated rings. The van der Waals surface area contributed by atoms with E-state index in [-0.39, 0.29) is 5.91 Å². The monoisotopic (exact) mass is 457 g/mol. The normalized spacial score (nSPS) is 16.2. The first kappa shape index (κ1) is 24.4. The predicted octanol–water partition coefficient (Wildman–Crippen LogP) is 7.07. The van der Waals surface area contributed by atoms with Crippen LogP contribution in [-0.4, -0.2) is 35.4 Å². The number of anilines is 1. The van der Waals surface area contributed by atoms with Gasteiger partial charge >= 0.3 is 0 Å². The fourth-order valence-corrected chi connectivity index (χ4v) is 4.92. The van der Waals surface area contributed by atoms with Crippen LogP contribution < -0.4 is 4.90 Å². The van der Waals surface area contributed by atoms with Crippen LogP contribution in [-0.2, 0) is 11.3 Å². The van der Waals surface area contributed by atoms with E-state index >= 15 is 0 Å². The number of amides is 1. The molecule has 1 aromatic heterocycles. The molecule has 2 heterocycles. The lowest BCUT2D eigenvalue weighted by Crippen LogP contribution is -2.33. The van der Waals surface area contributed by atoms with Gasteiger partial charge in [-0.1, -0.05) is 57.4 Å². The Morgan fingerprint density at radius 1 is 0.941 bits per heavy atom. The molecule has 0 saturated heterocycles. The average molecular weight is 458 g/mol. The van der Waals surface area contributed by atoms with Crippen molar-refractivity contribution < 1.29 is 4.79 Å². The number of para-hydroxylation sites is 1. The van der Waals surface area contributed by atoms with E-state index in [1.54, 1.807) is 6.92 Å². The minimum atomic E-state index is 0.132. The van der Waals surface area contributed by atoms with Gasteiger partial charge < -0.3 is 4.90 Å². The Bertz CT molecular complexity index is 1110.